The Morgan fingerprint density at radius 3 is 2.55 bits per heavy atom. The molecule has 6 heteroatoms. The van der Waals surface area contributed by atoms with E-state index in [0.717, 1.165) is 30.5 Å². The summed E-state index contributed by atoms with van der Waals surface area (Å²) in [5, 5.41) is 3.04. The molecule has 1 unspecified atom stereocenters. The van der Waals surface area contributed by atoms with Gasteiger partial charge >= 0.3 is 0 Å². The van der Waals surface area contributed by atoms with Crippen molar-refractivity contribution in [3.63, 3.8) is 0 Å². The topological polar surface area (TPSA) is 62.3 Å². The molecule has 148 valence electrons. The Kier molecular flexibility index (Phi) is 6.00. The molecule has 3 aromatic rings. The van der Waals surface area contributed by atoms with Gasteiger partial charge in [-0.3, -0.25) is 14.6 Å². The molecule has 1 aliphatic rings. The van der Waals surface area contributed by atoms with Crippen LogP contribution in [0, 0.1) is 5.92 Å². The number of piperidine rings is 1. The number of carbonyl (C=O) groups excluding carboxylic acids is 2. The molecule has 1 N–H and O–H groups in total. The number of benzene rings is 2. The van der Waals surface area contributed by atoms with Crippen molar-refractivity contribution < 1.29 is 9.59 Å². The van der Waals surface area contributed by atoms with Crippen molar-refractivity contribution in [3.05, 3.63) is 76.7 Å². The summed E-state index contributed by atoms with van der Waals surface area (Å²) in [6, 6.07) is 17.8. The summed E-state index contributed by atoms with van der Waals surface area (Å²) < 4.78 is 0. The molecule has 2 amide bonds. The van der Waals surface area contributed by atoms with E-state index in [1.165, 1.54) is 11.3 Å². The lowest BCUT2D eigenvalue weighted by Gasteiger charge is -2.32. The molecule has 1 aromatic heterocycles. The predicted molar refractivity (Wildman–Crippen MR) is 115 cm³/mol. The number of hydrogen-bond donors (Lipinski definition) is 1. The van der Waals surface area contributed by atoms with Crippen molar-refractivity contribution in [1.29, 1.82) is 0 Å². The van der Waals surface area contributed by atoms with Crippen molar-refractivity contribution in [3.8, 4) is 11.1 Å². The Labute approximate surface area is 174 Å². The van der Waals surface area contributed by atoms with Gasteiger partial charge in [-0.1, -0.05) is 42.5 Å². The molecule has 2 heterocycles. The lowest BCUT2D eigenvalue weighted by Crippen LogP contribution is -2.43. The Morgan fingerprint density at radius 1 is 1.07 bits per heavy atom. The summed E-state index contributed by atoms with van der Waals surface area (Å²) in [5.74, 6) is 0.240. The summed E-state index contributed by atoms with van der Waals surface area (Å²) in [6.45, 7) is 2.01. The number of likely N-dealkylation sites (tertiary alicyclic amines) is 1. The molecular formula is C23H23N3O2S. The standard InChI is InChI=1S/C23H23N3O2S/c27-22(20-10-8-19(9-11-20)18-6-2-1-3-7-18)25-13-17-5-4-12-26(15-17)23(28)21-14-24-16-29-21/h1-3,6-11,14,16-17H,4-5,12-13,15H2,(H,25,27). The lowest BCUT2D eigenvalue weighted by atomic mass is 9.97. The van der Waals surface area contributed by atoms with Crippen LogP contribution in [0.5, 0.6) is 0 Å². The number of aromatic nitrogens is 1. The highest BCUT2D eigenvalue weighted by atomic mass is 32.1. The molecule has 0 saturated carbocycles. The molecule has 29 heavy (non-hydrogen) atoms. The first-order valence-electron chi connectivity index (χ1n) is 9.82. The first-order chi connectivity index (χ1) is 14.2. The molecule has 1 saturated heterocycles. The third-order valence-electron chi connectivity index (χ3n) is 5.25. The van der Waals surface area contributed by atoms with Crippen molar-refractivity contribution in [2.45, 2.75) is 12.8 Å². The van der Waals surface area contributed by atoms with E-state index in [1.54, 1.807) is 11.7 Å². The molecule has 0 bridgehead atoms. The average Bonchev–Trinajstić information content (AvgIpc) is 3.33. The normalized spacial score (nSPS) is 16.4. The zero-order chi connectivity index (χ0) is 20.1. The van der Waals surface area contributed by atoms with E-state index in [9.17, 15) is 9.59 Å². The van der Waals surface area contributed by atoms with Crippen LogP contribution in [0.4, 0.5) is 0 Å². The summed E-state index contributed by atoms with van der Waals surface area (Å²) in [5.41, 5.74) is 4.55. The van der Waals surface area contributed by atoms with Gasteiger partial charge in [-0.05, 0) is 42.0 Å². The van der Waals surface area contributed by atoms with Crippen molar-refractivity contribution in [2.75, 3.05) is 19.6 Å². The van der Waals surface area contributed by atoms with Gasteiger partial charge < -0.3 is 10.2 Å². The Bertz CT molecular complexity index is 956. The third-order valence-corrected chi connectivity index (χ3v) is 6.02. The van der Waals surface area contributed by atoms with Gasteiger partial charge in [0.2, 0.25) is 0 Å². The van der Waals surface area contributed by atoms with Crippen molar-refractivity contribution in [1.82, 2.24) is 15.2 Å². The molecule has 0 spiro atoms. The van der Waals surface area contributed by atoms with Crippen molar-refractivity contribution in [2.24, 2.45) is 5.92 Å². The van der Waals surface area contributed by atoms with Crippen LogP contribution in [0.25, 0.3) is 11.1 Å². The van der Waals surface area contributed by atoms with E-state index in [4.69, 9.17) is 0 Å². The van der Waals surface area contributed by atoms with Crippen LogP contribution in [0.3, 0.4) is 0 Å². The average molecular weight is 406 g/mol. The molecule has 1 atom stereocenters. The van der Waals surface area contributed by atoms with Gasteiger partial charge in [0.25, 0.3) is 11.8 Å². The number of nitrogens with one attached hydrogen (secondary N) is 1. The molecular weight excluding hydrogens is 382 g/mol. The zero-order valence-electron chi connectivity index (χ0n) is 16.1. The van der Waals surface area contributed by atoms with E-state index >= 15 is 0 Å². The van der Waals surface area contributed by atoms with E-state index in [1.807, 2.05) is 47.4 Å². The largest absolute Gasteiger partial charge is 0.352 e. The minimum absolute atomic E-state index is 0.0417. The minimum Gasteiger partial charge on any atom is -0.352 e. The van der Waals surface area contributed by atoms with Crippen LogP contribution in [0.1, 0.15) is 32.9 Å². The molecule has 2 aromatic carbocycles. The van der Waals surface area contributed by atoms with Gasteiger partial charge in [-0.25, -0.2) is 0 Å². The highest BCUT2D eigenvalue weighted by Gasteiger charge is 2.25. The van der Waals surface area contributed by atoms with E-state index in [2.05, 4.69) is 22.4 Å². The number of rotatable bonds is 5. The summed E-state index contributed by atoms with van der Waals surface area (Å²) >= 11 is 1.37. The van der Waals surface area contributed by atoms with Crippen LogP contribution in [-0.2, 0) is 0 Å². The monoisotopic (exact) mass is 405 g/mol. The van der Waals surface area contributed by atoms with E-state index in [0.29, 0.717) is 23.5 Å². The summed E-state index contributed by atoms with van der Waals surface area (Å²) in [4.78, 5) is 31.6. The molecule has 0 radical (unpaired) electrons. The second-order valence-electron chi connectivity index (χ2n) is 7.28. The molecule has 1 fully saturated rings. The first kappa shape index (κ1) is 19.3. The van der Waals surface area contributed by atoms with Gasteiger partial charge in [-0.15, -0.1) is 11.3 Å². The molecule has 0 aliphatic carbocycles. The van der Waals surface area contributed by atoms with Crippen LogP contribution in [-0.4, -0.2) is 41.3 Å². The van der Waals surface area contributed by atoms with E-state index in [-0.39, 0.29) is 17.7 Å². The second kappa shape index (κ2) is 9.01. The smallest absolute Gasteiger partial charge is 0.265 e. The highest BCUT2D eigenvalue weighted by molar-refractivity contribution is 7.11. The third kappa shape index (κ3) is 4.71. The first-order valence-corrected chi connectivity index (χ1v) is 10.7. The van der Waals surface area contributed by atoms with Gasteiger partial charge in [0.1, 0.15) is 4.88 Å². The van der Waals surface area contributed by atoms with Gasteiger partial charge in [-0.2, -0.15) is 0 Å². The maximum atomic E-state index is 12.5. The van der Waals surface area contributed by atoms with Crippen LogP contribution in [0.15, 0.2) is 66.3 Å². The Hall–Kier alpha value is -2.99. The Morgan fingerprint density at radius 2 is 1.83 bits per heavy atom. The van der Waals surface area contributed by atoms with Crippen LogP contribution < -0.4 is 5.32 Å². The number of carbonyl (C=O) groups is 2. The summed E-state index contributed by atoms with van der Waals surface area (Å²) in [6.07, 6.45) is 3.59. The Balaban J connectivity index is 1.31. The molecule has 5 nitrogen and oxygen atoms in total. The SMILES string of the molecule is O=C(NCC1CCCN(C(=O)c2cncs2)C1)c1ccc(-c2ccccc2)cc1. The fourth-order valence-corrected chi connectivity index (χ4v) is 4.26. The predicted octanol–water partition coefficient (Wildman–Crippen LogP) is 4.09. The second-order valence-corrected chi connectivity index (χ2v) is 8.16. The van der Waals surface area contributed by atoms with Gasteiger partial charge in [0.05, 0.1) is 11.7 Å². The van der Waals surface area contributed by atoms with Crippen molar-refractivity contribution >= 4 is 23.2 Å². The highest BCUT2D eigenvalue weighted by Crippen LogP contribution is 2.21. The fraction of sp³-hybridized carbons (Fsp3) is 0.261. The lowest BCUT2D eigenvalue weighted by molar-refractivity contribution is 0.0675. The zero-order valence-corrected chi connectivity index (χ0v) is 16.9. The molecule has 4 rings (SSSR count). The van der Waals surface area contributed by atoms with E-state index < -0.39 is 0 Å². The number of amides is 2. The number of thiazole rings is 1. The van der Waals surface area contributed by atoms with Gasteiger partial charge in [0.15, 0.2) is 0 Å². The quantitative estimate of drug-likeness (QED) is 0.695. The van der Waals surface area contributed by atoms with Crippen LogP contribution >= 0.6 is 11.3 Å². The maximum absolute atomic E-state index is 12.5. The van der Waals surface area contributed by atoms with Crippen LogP contribution in [0.2, 0.25) is 0 Å². The fourth-order valence-electron chi connectivity index (χ4n) is 3.68. The molecule has 1 aliphatic heterocycles. The number of nitrogens with zero attached hydrogens (tertiary/aromatic N) is 2. The number of hydrogen-bond acceptors (Lipinski definition) is 4. The van der Waals surface area contributed by atoms with Gasteiger partial charge in [0, 0.05) is 25.2 Å². The summed E-state index contributed by atoms with van der Waals surface area (Å²) in [7, 11) is 0. The minimum atomic E-state index is -0.0736. The maximum Gasteiger partial charge on any atom is 0.265 e.